The van der Waals surface area contributed by atoms with E-state index in [4.69, 9.17) is 15.2 Å². The first kappa shape index (κ1) is 19.3. The van der Waals surface area contributed by atoms with Crippen molar-refractivity contribution in [3.63, 3.8) is 0 Å². The van der Waals surface area contributed by atoms with E-state index in [1.807, 2.05) is 23.8 Å². The lowest BCUT2D eigenvalue weighted by atomic mass is 10.1. The Hall–Kier alpha value is -2.72. The number of fused-ring (bicyclic) bond motifs is 2. The van der Waals surface area contributed by atoms with Crippen molar-refractivity contribution in [2.75, 3.05) is 5.73 Å². The van der Waals surface area contributed by atoms with Crippen LogP contribution >= 0.6 is 45.3 Å². The summed E-state index contributed by atoms with van der Waals surface area (Å²) in [5.41, 5.74) is 6.09. The van der Waals surface area contributed by atoms with Crippen LogP contribution in [0, 0.1) is 6.92 Å². The van der Waals surface area contributed by atoms with Gasteiger partial charge in [0.05, 0.1) is 14.4 Å². The Labute approximate surface area is 186 Å². The van der Waals surface area contributed by atoms with Gasteiger partial charge in [-0.15, -0.1) is 45.3 Å². The zero-order chi connectivity index (χ0) is 20.8. The first-order valence-corrected chi connectivity index (χ1v) is 12.2. The molecule has 150 valence electrons. The third kappa shape index (κ3) is 3.29. The lowest BCUT2D eigenvalue weighted by Gasteiger charge is -2.11. The van der Waals surface area contributed by atoms with Crippen LogP contribution in [0.25, 0.3) is 20.2 Å². The maximum absolute atomic E-state index is 12.7. The van der Waals surface area contributed by atoms with Gasteiger partial charge in [-0.05, 0) is 41.9 Å². The van der Waals surface area contributed by atoms with Crippen molar-refractivity contribution < 1.29 is 19.1 Å². The molecule has 30 heavy (non-hydrogen) atoms. The summed E-state index contributed by atoms with van der Waals surface area (Å²) in [6, 6.07) is 10.7. The fourth-order valence-corrected chi connectivity index (χ4v) is 6.24. The molecule has 0 aliphatic rings. The zero-order valence-corrected chi connectivity index (χ0v) is 18.7. The van der Waals surface area contributed by atoms with Crippen molar-refractivity contribution >= 4 is 82.5 Å². The summed E-state index contributed by atoms with van der Waals surface area (Å²) in [5.74, 6) is 0.0410. The summed E-state index contributed by atoms with van der Waals surface area (Å²) >= 11 is 5.42. The van der Waals surface area contributed by atoms with E-state index < -0.39 is 11.9 Å². The quantitative estimate of drug-likeness (QED) is 0.237. The molecule has 0 aliphatic carbocycles. The molecule has 1 aromatic carbocycles. The van der Waals surface area contributed by atoms with Crippen LogP contribution in [-0.4, -0.2) is 11.9 Å². The number of carbonyl (C=O) groups is 2. The van der Waals surface area contributed by atoms with Crippen molar-refractivity contribution in [1.29, 1.82) is 0 Å². The Morgan fingerprint density at radius 1 is 0.833 bits per heavy atom. The predicted octanol–water partition coefficient (Wildman–Crippen LogP) is 6.57. The van der Waals surface area contributed by atoms with Gasteiger partial charge in [0.1, 0.15) is 9.75 Å². The van der Waals surface area contributed by atoms with Crippen LogP contribution in [0.4, 0.5) is 5.00 Å². The fourth-order valence-electron chi connectivity index (χ4n) is 3.12. The highest BCUT2D eigenvalue weighted by atomic mass is 32.1. The first-order valence-electron chi connectivity index (χ1n) is 8.77. The number of anilines is 1. The van der Waals surface area contributed by atoms with Crippen LogP contribution in [0.3, 0.4) is 0 Å². The van der Waals surface area contributed by atoms with Gasteiger partial charge in [-0.3, -0.25) is 0 Å². The van der Waals surface area contributed by atoms with Crippen molar-refractivity contribution in [3.05, 3.63) is 61.8 Å². The molecule has 0 saturated carbocycles. The van der Waals surface area contributed by atoms with Crippen LogP contribution in [0.1, 0.15) is 24.2 Å². The Balaban J connectivity index is 1.69. The Kier molecular flexibility index (Phi) is 4.82. The number of carbonyl (C=O) groups excluding carboxylic acids is 2. The minimum atomic E-state index is -0.424. The highest BCUT2D eigenvalue weighted by Gasteiger charge is 2.25. The van der Waals surface area contributed by atoms with E-state index in [9.17, 15) is 9.59 Å². The molecule has 0 amide bonds. The minimum Gasteiger partial charge on any atom is -0.420 e. The molecule has 0 spiro atoms. The number of thiophene rings is 4. The molecule has 0 atom stereocenters. The molecule has 0 fully saturated rings. The molecular formula is C21H13NO4S4. The standard InChI is InChI=1S/C21H13NO4S4/c1-10-8-11-16(25-20(23)13-4-2-6-27-13)19-12(9-15(22)30-19)17(18(11)29-10)26-21(24)14-5-3-7-28-14/h2-9H,22H2,1H3. The average Bonchev–Trinajstić information content (AvgIpc) is 3.50. The van der Waals surface area contributed by atoms with Crippen molar-refractivity contribution in [1.82, 2.24) is 0 Å². The second-order valence-electron chi connectivity index (χ2n) is 6.38. The van der Waals surface area contributed by atoms with Gasteiger partial charge in [0, 0.05) is 15.6 Å². The van der Waals surface area contributed by atoms with Gasteiger partial charge < -0.3 is 15.2 Å². The third-order valence-electron chi connectivity index (χ3n) is 4.34. The van der Waals surface area contributed by atoms with E-state index in [1.165, 1.54) is 45.3 Å². The number of nitrogen functional groups attached to an aromatic ring is 1. The summed E-state index contributed by atoms with van der Waals surface area (Å²) in [4.78, 5) is 27.4. The molecule has 0 saturated heterocycles. The fraction of sp³-hybridized carbons (Fsp3) is 0.0476. The minimum absolute atomic E-state index is 0.424. The lowest BCUT2D eigenvalue weighted by Crippen LogP contribution is -2.08. The molecular weight excluding hydrogens is 459 g/mol. The summed E-state index contributed by atoms with van der Waals surface area (Å²) in [6.45, 7) is 1.96. The van der Waals surface area contributed by atoms with Gasteiger partial charge in [-0.1, -0.05) is 12.1 Å². The van der Waals surface area contributed by atoms with Crippen molar-refractivity contribution in [2.24, 2.45) is 0 Å². The molecule has 9 heteroatoms. The topological polar surface area (TPSA) is 78.6 Å². The number of hydrogen-bond acceptors (Lipinski definition) is 9. The van der Waals surface area contributed by atoms with Gasteiger partial charge in [0.15, 0.2) is 11.5 Å². The molecule has 4 heterocycles. The monoisotopic (exact) mass is 471 g/mol. The summed E-state index contributed by atoms with van der Waals surface area (Å²) < 4.78 is 13.1. The van der Waals surface area contributed by atoms with Crippen LogP contribution < -0.4 is 15.2 Å². The number of nitrogens with two attached hydrogens (primary N) is 1. The smallest absolute Gasteiger partial charge is 0.353 e. The van der Waals surface area contributed by atoms with E-state index >= 15 is 0 Å². The van der Waals surface area contributed by atoms with Gasteiger partial charge >= 0.3 is 11.9 Å². The highest BCUT2D eigenvalue weighted by molar-refractivity contribution is 7.24. The molecule has 0 aliphatic heterocycles. The molecule has 0 bridgehead atoms. The number of aryl methyl sites for hydroxylation is 1. The van der Waals surface area contributed by atoms with E-state index in [0.717, 1.165) is 15.0 Å². The second-order valence-corrected chi connectivity index (χ2v) is 10.6. The van der Waals surface area contributed by atoms with Gasteiger partial charge in [-0.25, -0.2) is 9.59 Å². The van der Waals surface area contributed by atoms with Gasteiger partial charge in [-0.2, -0.15) is 0 Å². The van der Waals surface area contributed by atoms with E-state index in [0.29, 0.717) is 36.3 Å². The molecule has 0 unspecified atom stereocenters. The Morgan fingerprint density at radius 3 is 1.90 bits per heavy atom. The van der Waals surface area contributed by atoms with Gasteiger partial charge in [0.2, 0.25) is 0 Å². The van der Waals surface area contributed by atoms with Crippen LogP contribution in [-0.2, 0) is 0 Å². The maximum atomic E-state index is 12.7. The number of ether oxygens (including phenoxy) is 2. The number of hydrogen-bond donors (Lipinski definition) is 1. The maximum Gasteiger partial charge on any atom is 0.353 e. The summed E-state index contributed by atoms with van der Waals surface area (Å²) in [6.07, 6.45) is 0. The molecule has 4 aromatic heterocycles. The van der Waals surface area contributed by atoms with Crippen LogP contribution in [0.15, 0.2) is 47.2 Å². The summed E-state index contributed by atoms with van der Waals surface area (Å²) in [7, 11) is 0. The molecule has 0 radical (unpaired) electrons. The van der Waals surface area contributed by atoms with Crippen molar-refractivity contribution in [3.8, 4) is 11.5 Å². The number of benzene rings is 1. The largest absolute Gasteiger partial charge is 0.420 e. The SMILES string of the molecule is Cc1cc2c(OC(=O)c3cccs3)c3sc(N)cc3c(OC(=O)c3cccs3)c2s1. The van der Waals surface area contributed by atoms with E-state index in [-0.39, 0.29) is 0 Å². The lowest BCUT2D eigenvalue weighted by molar-refractivity contribution is 0.0732. The van der Waals surface area contributed by atoms with Crippen LogP contribution in [0.5, 0.6) is 11.5 Å². The number of rotatable bonds is 4. The second kappa shape index (κ2) is 7.51. The molecule has 5 aromatic rings. The third-order valence-corrected chi connectivity index (χ3v) is 8.05. The van der Waals surface area contributed by atoms with Crippen LogP contribution in [0.2, 0.25) is 0 Å². The Bertz CT molecular complexity index is 1230. The average molecular weight is 472 g/mol. The van der Waals surface area contributed by atoms with E-state index in [1.54, 1.807) is 30.3 Å². The van der Waals surface area contributed by atoms with Gasteiger partial charge in [0.25, 0.3) is 0 Å². The zero-order valence-electron chi connectivity index (χ0n) is 15.5. The van der Waals surface area contributed by atoms with Crippen molar-refractivity contribution in [2.45, 2.75) is 6.92 Å². The molecule has 5 rings (SSSR count). The molecule has 5 nitrogen and oxygen atoms in total. The Morgan fingerprint density at radius 2 is 1.37 bits per heavy atom. The summed E-state index contributed by atoms with van der Waals surface area (Å²) in [5, 5.41) is 5.58. The first-order chi connectivity index (χ1) is 14.5. The predicted molar refractivity (Wildman–Crippen MR) is 125 cm³/mol. The van der Waals surface area contributed by atoms with E-state index in [2.05, 4.69) is 0 Å². The molecule has 2 N–H and O–H groups in total. The number of esters is 2. The normalized spacial score (nSPS) is 11.2. The highest BCUT2D eigenvalue weighted by Crippen LogP contribution is 2.50.